The summed E-state index contributed by atoms with van der Waals surface area (Å²) in [6, 6.07) is 8.62. The first-order valence-electron chi connectivity index (χ1n) is 10.0. The van der Waals surface area contributed by atoms with Crippen molar-refractivity contribution in [1.82, 2.24) is 9.80 Å². The second-order valence-electron chi connectivity index (χ2n) is 8.17. The second-order valence-corrected chi connectivity index (χ2v) is 8.17. The highest BCUT2D eigenvalue weighted by molar-refractivity contribution is 5.81. The molecule has 142 valence electrons. The summed E-state index contributed by atoms with van der Waals surface area (Å²) in [5, 5.41) is 11.0. The van der Waals surface area contributed by atoms with Crippen molar-refractivity contribution in [3.63, 3.8) is 0 Å². The Morgan fingerprint density at radius 2 is 2.11 bits per heavy atom. The van der Waals surface area contributed by atoms with Gasteiger partial charge < -0.3 is 9.84 Å². The molecular weight excluding hydrogens is 340 g/mol. The van der Waals surface area contributed by atoms with E-state index in [1.54, 1.807) is 0 Å². The Bertz CT molecular complexity index is 818. The van der Waals surface area contributed by atoms with Gasteiger partial charge >= 0.3 is 6.09 Å². The van der Waals surface area contributed by atoms with Crippen molar-refractivity contribution in [3.05, 3.63) is 53.6 Å². The van der Waals surface area contributed by atoms with Crippen molar-refractivity contribution < 1.29 is 14.6 Å². The number of rotatable bonds is 4. The van der Waals surface area contributed by atoms with Crippen LogP contribution in [0, 0.1) is 5.92 Å². The number of piperidine rings is 2. The van der Waals surface area contributed by atoms with Gasteiger partial charge in [-0.25, -0.2) is 4.79 Å². The Balaban J connectivity index is 1.38. The molecule has 5 nitrogen and oxygen atoms in total. The van der Waals surface area contributed by atoms with Gasteiger partial charge in [0.05, 0.1) is 30.8 Å². The molecule has 5 heteroatoms. The fourth-order valence-corrected chi connectivity index (χ4v) is 5.48. The lowest BCUT2D eigenvalue weighted by atomic mass is 9.86. The predicted octanol–water partition coefficient (Wildman–Crippen LogP) is 2.80. The molecule has 3 bridgehead atoms. The molecule has 4 aliphatic rings. The predicted molar refractivity (Wildman–Crippen MR) is 103 cm³/mol. The zero-order valence-corrected chi connectivity index (χ0v) is 15.6. The lowest BCUT2D eigenvalue weighted by Gasteiger charge is -2.46. The number of allylic oxidation sites excluding steroid dienone is 4. The van der Waals surface area contributed by atoms with E-state index in [4.69, 9.17) is 4.74 Å². The summed E-state index contributed by atoms with van der Waals surface area (Å²) in [5.41, 5.74) is 3.77. The fraction of sp³-hybridized carbons (Fsp3) is 0.500. The maximum Gasteiger partial charge on any atom is 0.410 e. The molecule has 3 aliphatic heterocycles. The number of aliphatic hydroxyl groups excluding tert-OH is 1. The molecule has 1 aromatic carbocycles. The lowest BCUT2D eigenvalue weighted by molar-refractivity contribution is 0.00753. The number of hydrogen-bond acceptors (Lipinski definition) is 4. The first-order chi connectivity index (χ1) is 13.2. The van der Waals surface area contributed by atoms with E-state index in [9.17, 15) is 9.90 Å². The Kier molecular flexibility index (Phi) is 4.10. The fourth-order valence-electron chi connectivity index (χ4n) is 5.48. The highest BCUT2D eigenvalue weighted by Crippen LogP contribution is 2.46. The molecule has 3 fully saturated rings. The molecule has 0 radical (unpaired) electrons. The number of carbonyl (C=O) groups is 1. The van der Waals surface area contributed by atoms with Gasteiger partial charge in [0.2, 0.25) is 0 Å². The van der Waals surface area contributed by atoms with E-state index in [2.05, 4.69) is 47.4 Å². The molecule has 1 amide bonds. The first kappa shape index (κ1) is 17.0. The summed E-state index contributed by atoms with van der Waals surface area (Å²) in [5.74, 6) is 0.541. The van der Waals surface area contributed by atoms with Crippen molar-refractivity contribution >= 4 is 11.7 Å². The minimum atomic E-state index is -0.493. The van der Waals surface area contributed by atoms with E-state index in [1.165, 1.54) is 16.7 Å². The SMILES string of the molecule is CCOC(=O)N1C2CC3CC1[C@H](O)C2N(Cc1cccc(C2=CC=C2)c1)C3. The maximum absolute atomic E-state index is 12.5. The van der Waals surface area contributed by atoms with Crippen molar-refractivity contribution in [3.8, 4) is 0 Å². The number of carbonyl (C=O) groups excluding carboxylic acids is 1. The van der Waals surface area contributed by atoms with Crippen LogP contribution in [0.5, 0.6) is 0 Å². The standard InChI is InChI=1S/C22H26N2O3/c1-2-27-22(26)24-18-10-15-11-19(24)21(25)20(18)23(13-15)12-14-5-3-8-17(9-14)16-6-4-7-16/h3-9,15,18-21,25H,2,10-13H2,1H3/t15?,18?,19?,20?,21-/m0/s1. The summed E-state index contributed by atoms with van der Waals surface area (Å²) >= 11 is 0. The molecule has 1 N–H and O–H groups in total. The van der Waals surface area contributed by atoms with Crippen LogP contribution in [0.4, 0.5) is 4.79 Å². The third-order valence-corrected chi connectivity index (χ3v) is 6.59. The van der Waals surface area contributed by atoms with Crippen molar-refractivity contribution in [2.45, 2.75) is 50.5 Å². The summed E-state index contributed by atoms with van der Waals surface area (Å²) in [6.07, 6.45) is 7.41. The van der Waals surface area contributed by atoms with Crippen LogP contribution in [0.15, 0.2) is 42.5 Å². The van der Waals surface area contributed by atoms with Crippen molar-refractivity contribution in [2.24, 2.45) is 5.92 Å². The third kappa shape index (κ3) is 2.72. The van der Waals surface area contributed by atoms with E-state index >= 15 is 0 Å². The topological polar surface area (TPSA) is 53.0 Å². The van der Waals surface area contributed by atoms with Crippen LogP contribution in [-0.4, -0.2) is 58.4 Å². The van der Waals surface area contributed by atoms with Gasteiger partial charge in [-0.1, -0.05) is 36.4 Å². The molecule has 4 unspecified atom stereocenters. The maximum atomic E-state index is 12.5. The van der Waals surface area contributed by atoms with Crippen molar-refractivity contribution in [2.75, 3.05) is 13.2 Å². The summed E-state index contributed by atoms with van der Waals surface area (Å²) < 4.78 is 5.28. The highest BCUT2D eigenvalue weighted by Gasteiger charge is 2.59. The average molecular weight is 366 g/mol. The van der Waals surface area contributed by atoms with E-state index in [1.807, 2.05) is 11.8 Å². The Labute approximate surface area is 159 Å². The van der Waals surface area contributed by atoms with Crippen LogP contribution >= 0.6 is 0 Å². The number of ether oxygens (including phenoxy) is 1. The van der Waals surface area contributed by atoms with Gasteiger partial charge in [-0.05, 0) is 48.4 Å². The molecule has 0 saturated carbocycles. The zero-order valence-electron chi connectivity index (χ0n) is 15.6. The number of benzene rings is 1. The van der Waals surface area contributed by atoms with Gasteiger partial charge in [0.15, 0.2) is 0 Å². The second kappa shape index (κ2) is 6.50. The van der Waals surface area contributed by atoms with Gasteiger partial charge in [-0.3, -0.25) is 9.80 Å². The number of amides is 1. The smallest absolute Gasteiger partial charge is 0.410 e. The van der Waals surface area contributed by atoms with Crippen molar-refractivity contribution in [1.29, 1.82) is 0 Å². The lowest BCUT2D eigenvalue weighted by Crippen LogP contribution is -2.57. The molecule has 3 saturated heterocycles. The Morgan fingerprint density at radius 3 is 2.85 bits per heavy atom. The van der Waals surface area contributed by atoms with Gasteiger partial charge in [0.25, 0.3) is 0 Å². The number of fused-ring (bicyclic) bond motifs is 2. The monoisotopic (exact) mass is 366 g/mol. The average Bonchev–Trinajstić information content (AvgIpc) is 2.70. The minimum Gasteiger partial charge on any atom is -0.450 e. The number of hydrogen-bond donors (Lipinski definition) is 1. The molecule has 0 aromatic heterocycles. The summed E-state index contributed by atoms with van der Waals surface area (Å²) in [4.78, 5) is 16.7. The number of likely N-dealkylation sites (tertiary alicyclic amines) is 1. The molecule has 1 aliphatic carbocycles. The van der Waals surface area contributed by atoms with E-state index in [0.717, 1.165) is 25.9 Å². The molecular formula is C22H26N2O3. The minimum absolute atomic E-state index is 0.00428. The van der Waals surface area contributed by atoms with Crippen LogP contribution in [-0.2, 0) is 11.3 Å². The van der Waals surface area contributed by atoms with E-state index in [-0.39, 0.29) is 24.2 Å². The van der Waals surface area contributed by atoms with E-state index in [0.29, 0.717) is 12.5 Å². The van der Waals surface area contributed by atoms with Gasteiger partial charge in [0.1, 0.15) is 0 Å². The summed E-state index contributed by atoms with van der Waals surface area (Å²) in [7, 11) is 0. The van der Waals surface area contributed by atoms with Crippen LogP contribution in [0.2, 0.25) is 0 Å². The Hall–Kier alpha value is -2.11. The van der Waals surface area contributed by atoms with E-state index < -0.39 is 6.10 Å². The quantitative estimate of drug-likeness (QED) is 0.890. The van der Waals surface area contributed by atoms with Crippen LogP contribution < -0.4 is 0 Å². The van der Waals surface area contributed by atoms with Gasteiger partial charge in [-0.2, -0.15) is 0 Å². The molecule has 1 aromatic rings. The third-order valence-electron chi connectivity index (χ3n) is 6.59. The molecule has 3 heterocycles. The normalized spacial score (nSPS) is 33.8. The molecule has 27 heavy (non-hydrogen) atoms. The van der Waals surface area contributed by atoms with Crippen LogP contribution in [0.3, 0.4) is 0 Å². The summed E-state index contributed by atoms with van der Waals surface area (Å²) in [6.45, 7) is 4.01. The molecule has 5 atom stereocenters. The van der Waals surface area contributed by atoms with Gasteiger partial charge in [0, 0.05) is 13.1 Å². The Morgan fingerprint density at radius 1 is 1.30 bits per heavy atom. The number of aliphatic hydroxyl groups is 1. The van der Waals surface area contributed by atoms with Crippen LogP contribution in [0.25, 0.3) is 5.57 Å². The number of nitrogens with zero attached hydrogens (tertiary/aromatic N) is 2. The molecule has 0 spiro atoms. The van der Waals surface area contributed by atoms with Gasteiger partial charge in [-0.15, -0.1) is 0 Å². The molecule has 5 rings (SSSR count). The largest absolute Gasteiger partial charge is 0.450 e. The highest BCUT2D eigenvalue weighted by atomic mass is 16.6. The zero-order chi connectivity index (χ0) is 18.5. The first-order valence-corrected chi connectivity index (χ1v) is 10.0. The van der Waals surface area contributed by atoms with Crippen LogP contribution in [0.1, 0.15) is 30.9 Å².